The Kier molecular flexibility index (Phi) is 6.26. The molecule has 2 rings (SSSR count). The summed E-state index contributed by atoms with van der Waals surface area (Å²) in [6.45, 7) is 22.8. The van der Waals surface area contributed by atoms with Crippen LogP contribution in [0.5, 0.6) is 0 Å². The fourth-order valence-electron chi connectivity index (χ4n) is 2.73. The Morgan fingerprint density at radius 1 is 0.957 bits per heavy atom. The number of benzene rings is 1. The van der Waals surface area contributed by atoms with Crippen molar-refractivity contribution in [2.24, 2.45) is 0 Å². The van der Waals surface area contributed by atoms with Crippen molar-refractivity contribution in [1.29, 1.82) is 0 Å². The largest absolute Gasteiger partial charge is 0.245 e. The maximum atomic E-state index is 4.82. The Morgan fingerprint density at radius 2 is 1.48 bits per heavy atom. The molecule has 0 aliphatic carbocycles. The summed E-state index contributed by atoms with van der Waals surface area (Å²) in [5.41, 5.74) is 6.12. The van der Waals surface area contributed by atoms with Gasteiger partial charge in [0.25, 0.3) is 0 Å². The Hall–Kier alpha value is -1.96. The van der Waals surface area contributed by atoms with E-state index in [2.05, 4.69) is 64.9 Å². The smallest absolute Gasteiger partial charge is 0.0934 e. The third-order valence-corrected chi connectivity index (χ3v) is 3.68. The summed E-state index contributed by atoms with van der Waals surface area (Å²) in [7, 11) is 0. The summed E-state index contributed by atoms with van der Waals surface area (Å²) < 4.78 is 0. The van der Waals surface area contributed by atoms with Crippen molar-refractivity contribution in [2.75, 3.05) is 0 Å². The molecule has 0 spiro atoms. The van der Waals surface area contributed by atoms with E-state index in [0.717, 1.165) is 22.4 Å². The molecule has 23 heavy (non-hydrogen) atoms. The first kappa shape index (κ1) is 19.1. The SMILES string of the molecule is C=Cc1nc2ccc(C(C)C)c(C(C)(C)C)c2nc1C=C.CC. The van der Waals surface area contributed by atoms with Crippen LogP contribution in [0.15, 0.2) is 25.3 Å². The van der Waals surface area contributed by atoms with Gasteiger partial charge in [-0.05, 0) is 40.7 Å². The number of nitrogens with zero attached hydrogens (tertiary/aromatic N) is 2. The van der Waals surface area contributed by atoms with Crippen LogP contribution in [-0.4, -0.2) is 9.97 Å². The van der Waals surface area contributed by atoms with Crippen LogP contribution in [0.2, 0.25) is 0 Å². The molecule has 0 atom stereocenters. The van der Waals surface area contributed by atoms with Gasteiger partial charge in [0.2, 0.25) is 0 Å². The molecule has 1 heterocycles. The minimum atomic E-state index is 0.0158. The number of hydrogen-bond donors (Lipinski definition) is 0. The average Bonchev–Trinajstić information content (AvgIpc) is 2.52. The molecular weight excluding hydrogens is 280 g/mol. The van der Waals surface area contributed by atoms with E-state index in [1.165, 1.54) is 11.1 Å². The van der Waals surface area contributed by atoms with Gasteiger partial charge in [-0.25, -0.2) is 9.97 Å². The molecule has 0 fully saturated rings. The van der Waals surface area contributed by atoms with E-state index < -0.39 is 0 Å². The molecule has 1 aromatic carbocycles. The summed E-state index contributed by atoms with van der Waals surface area (Å²) in [6, 6.07) is 4.25. The van der Waals surface area contributed by atoms with Crippen LogP contribution in [-0.2, 0) is 5.41 Å². The molecule has 2 aromatic rings. The van der Waals surface area contributed by atoms with E-state index in [0.29, 0.717) is 5.92 Å². The van der Waals surface area contributed by atoms with Gasteiger partial charge in [-0.15, -0.1) is 0 Å². The molecule has 124 valence electrons. The zero-order chi connectivity index (χ0) is 17.8. The quantitative estimate of drug-likeness (QED) is 0.659. The van der Waals surface area contributed by atoms with Gasteiger partial charge in [0.05, 0.1) is 22.4 Å². The first-order valence-corrected chi connectivity index (χ1v) is 8.39. The van der Waals surface area contributed by atoms with Gasteiger partial charge in [-0.2, -0.15) is 0 Å². The van der Waals surface area contributed by atoms with Crippen molar-refractivity contribution in [3.63, 3.8) is 0 Å². The summed E-state index contributed by atoms with van der Waals surface area (Å²) in [5.74, 6) is 0.455. The van der Waals surface area contributed by atoms with E-state index in [-0.39, 0.29) is 5.41 Å². The number of aromatic nitrogens is 2. The van der Waals surface area contributed by atoms with Crippen molar-refractivity contribution in [3.05, 3.63) is 47.8 Å². The second kappa shape index (κ2) is 7.54. The van der Waals surface area contributed by atoms with Crippen molar-refractivity contribution in [1.82, 2.24) is 9.97 Å². The minimum Gasteiger partial charge on any atom is -0.245 e. The molecule has 0 aliphatic rings. The van der Waals surface area contributed by atoms with Crippen LogP contribution in [0.4, 0.5) is 0 Å². The van der Waals surface area contributed by atoms with E-state index in [4.69, 9.17) is 4.98 Å². The molecular formula is C21H30N2. The first-order valence-electron chi connectivity index (χ1n) is 8.39. The molecule has 2 nitrogen and oxygen atoms in total. The second-order valence-electron chi connectivity index (χ2n) is 6.70. The lowest BCUT2D eigenvalue weighted by atomic mass is 9.79. The van der Waals surface area contributed by atoms with Crippen LogP contribution in [0.1, 0.15) is 76.9 Å². The first-order chi connectivity index (χ1) is 10.8. The van der Waals surface area contributed by atoms with Gasteiger partial charge < -0.3 is 0 Å². The zero-order valence-electron chi connectivity index (χ0n) is 15.7. The van der Waals surface area contributed by atoms with Gasteiger partial charge in [-0.1, -0.05) is 67.7 Å². The van der Waals surface area contributed by atoms with E-state index in [9.17, 15) is 0 Å². The van der Waals surface area contributed by atoms with Gasteiger partial charge in [0, 0.05) is 0 Å². The van der Waals surface area contributed by atoms with Gasteiger partial charge in [-0.3, -0.25) is 0 Å². The van der Waals surface area contributed by atoms with E-state index in [1.54, 1.807) is 12.2 Å². The van der Waals surface area contributed by atoms with Gasteiger partial charge in [0.15, 0.2) is 0 Å². The fraction of sp³-hybridized carbons (Fsp3) is 0.429. The fourth-order valence-corrected chi connectivity index (χ4v) is 2.73. The highest BCUT2D eigenvalue weighted by molar-refractivity contribution is 5.83. The molecule has 0 bridgehead atoms. The maximum Gasteiger partial charge on any atom is 0.0934 e. The molecule has 0 radical (unpaired) electrons. The third-order valence-electron chi connectivity index (χ3n) is 3.68. The van der Waals surface area contributed by atoms with E-state index in [1.807, 2.05) is 13.8 Å². The number of fused-ring (bicyclic) bond motifs is 1. The van der Waals surface area contributed by atoms with E-state index >= 15 is 0 Å². The summed E-state index contributed by atoms with van der Waals surface area (Å²) in [4.78, 5) is 9.51. The molecule has 0 amide bonds. The summed E-state index contributed by atoms with van der Waals surface area (Å²) in [5, 5.41) is 0. The summed E-state index contributed by atoms with van der Waals surface area (Å²) in [6.07, 6.45) is 3.48. The predicted molar refractivity (Wildman–Crippen MR) is 104 cm³/mol. The molecule has 0 N–H and O–H groups in total. The lowest BCUT2D eigenvalue weighted by Gasteiger charge is -2.26. The highest BCUT2D eigenvalue weighted by Gasteiger charge is 2.24. The second-order valence-corrected chi connectivity index (χ2v) is 6.70. The van der Waals surface area contributed by atoms with Crippen LogP contribution < -0.4 is 0 Å². The highest BCUT2D eigenvalue weighted by Crippen LogP contribution is 2.35. The molecule has 0 saturated heterocycles. The lowest BCUT2D eigenvalue weighted by Crippen LogP contribution is -2.17. The molecule has 2 heteroatoms. The monoisotopic (exact) mass is 310 g/mol. The van der Waals surface area contributed by atoms with Crippen LogP contribution in [0.25, 0.3) is 23.2 Å². The Morgan fingerprint density at radius 3 is 1.91 bits per heavy atom. The van der Waals surface area contributed by atoms with Gasteiger partial charge >= 0.3 is 0 Å². The average molecular weight is 310 g/mol. The van der Waals surface area contributed by atoms with Crippen molar-refractivity contribution < 1.29 is 0 Å². The van der Waals surface area contributed by atoms with Crippen LogP contribution >= 0.6 is 0 Å². The number of rotatable bonds is 3. The summed E-state index contributed by atoms with van der Waals surface area (Å²) >= 11 is 0. The predicted octanol–water partition coefficient (Wildman–Crippen LogP) is 6.36. The standard InChI is InChI=1S/C19H24N2.C2H6/c1-8-14-15(9-2)21-18-16(20-14)11-10-13(12(3)4)17(18)19(5,6)7;1-2/h8-12H,1-2H2,3-7H3;1-2H3. The molecule has 0 unspecified atom stereocenters. The minimum absolute atomic E-state index is 0.0158. The van der Waals surface area contributed by atoms with Crippen LogP contribution in [0.3, 0.4) is 0 Å². The zero-order valence-corrected chi connectivity index (χ0v) is 15.7. The van der Waals surface area contributed by atoms with Crippen molar-refractivity contribution >= 4 is 23.2 Å². The van der Waals surface area contributed by atoms with Gasteiger partial charge in [0.1, 0.15) is 0 Å². The Balaban J connectivity index is 0.00000127. The third kappa shape index (κ3) is 3.87. The van der Waals surface area contributed by atoms with Crippen LogP contribution in [0, 0.1) is 0 Å². The Labute approximate surface area is 141 Å². The Bertz CT molecular complexity index is 704. The highest BCUT2D eigenvalue weighted by atomic mass is 14.8. The molecule has 1 aromatic heterocycles. The van der Waals surface area contributed by atoms with Crippen molar-refractivity contribution in [2.45, 2.75) is 59.8 Å². The normalized spacial score (nSPS) is 11.1. The maximum absolute atomic E-state index is 4.82. The van der Waals surface area contributed by atoms with Crippen molar-refractivity contribution in [3.8, 4) is 0 Å². The molecule has 0 saturated carbocycles. The molecule has 0 aliphatic heterocycles. The topological polar surface area (TPSA) is 25.8 Å². The number of hydrogen-bond acceptors (Lipinski definition) is 2. The lowest BCUT2D eigenvalue weighted by molar-refractivity contribution is 0.581.